The summed E-state index contributed by atoms with van der Waals surface area (Å²) in [6.07, 6.45) is 0.971. The van der Waals surface area contributed by atoms with E-state index >= 15 is 0 Å². The number of ether oxygens (including phenoxy) is 1. The van der Waals surface area contributed by atoms with Gasteiger partial charge in [-0.1, -0.05) is 6.92 Å². The number of hydrazine groups is 1. The normalized spacial score (nSPS) is 14.9. The molecular formula is C12H24N4O. The summed E-state index contributed by atoms with van der Waals surface area (Å²) in [6, 6.07) is 0.124. The summed E-state index contributed by atoms with van der Waals surface area (Å²) in [5.74, 6) is 6.10. The van der Waals surface area contributed by atoms with Crippen molar-refractivity contribution >= 4 is 0 Å². The Balaban J connectivity index is 2.92. The van der Waals surface area contributed by atoms with Crippen LogP contribution in [0.4, 0.5) is 0 Å². The first-order valence-corrected chi connectivity index (χ1v) is 5.98. The topological polar surface area (TPSA) is 65.1 Å². The van der Waals surface area contributed by atoms with Crippen LogP contribution in [0.15, 0.2) is 0 Å². The van der Waals surface area contributed by atoms with Crippen molar-refractivity contribution in [3.05, 3.63) is 17.0 Å². The summed E-state index contributed by atoms with van der Waals surface area (Å²) < 4.78 is 7.02. The van der Waals surface area contributed by atoms with Crippen LogP contribution in [-0.2, 0) is 11.8 Å². The van der Waals surface area contributed by atoms with Crippen molar-refractivity contribution in [1.29, 1.82) is 0 Å². The summed E-state index contributed by atoms with van der Waals surface area (Å²) in [7, 11) is 3.68. The molecular weight excluding hydrogens is 216 g/mol. The zero-order valence-corrected chi connectivity index (χ0v) is 11.4. The molecule has 2 atom stereocenters. The van der Waals surface area contributed by atoms with E-state index in [1.165, 1.54) is 5.56 Å². The van der Waals surface area contributed by atoms with Crippen LogP contribution in [-0.4, -0.2) is 23.5 Å². The first kappa shape index (κ1) is 14.2. The molecule has 0 fully saturated rings. The highest BCUT2D eigenvalue weighted by Crippen LogP contribution is 2.28. The van der Waals surface area contributed by atoms with Crippen LogP contribution in [0.5, 0.6) is 0 Å². The van der Waals surface area contributed by atoms with Crippen LogP contribution >= 0.6 is 0 Å². The van der Waals surface area contributed by atoms with E-state index in [0.29, 0.717) is 5.92 Å². The lowest BCUT2D eigenvalue weighted by molar-refractivity contribution is 0.170. The Morgan fingerprint density at radius 1 is 1.47 bits per heavy atom. The van der Waals surface area contributed by atoms with Crippen molar-refractivity contribution in [3.63, 3.8) is 0 Å². The lowest BCUT2D eigenvalue weighted by Crippen LogP contribution is -2.33. The standard InChI is InChI=1S/C12H24N4O/c1-8(6-7-17-5)12(14-13)11-9(2)15-16(4)10(11)3/h8,12,14H,6-7,13H2,1-5H3. The fourth-order valence-electron chi connectivity index (χ4n) is 2.24. The highest BCUT2D eigenvalue weighted by Gasteiger charge is 2.24. The third-order valence-corrected chi connectivity index (χ3v) is 3.40. The van der Waals surface area contributed by atoms with Crippen molar-refractivity contribution < 1.29 is 4.74 Å². The van der Waals surface area contributed by atoms with E-state index in [4.69, 9.17) is 10.6 Å². The Bertz CT molecular complexity index is 362. The molecule has 0 saturated carbocycles. The molecule has 2 unspecified atom stereocenters. The maximum Gasteiger partial charge on any atom is 0.0644 e. The van der Waals surface area contributed by atoms with Crippen LogP contribution in [0.1, 0.15) is 36.3 Å². The van der Waals surface area contributed by atoms with Crippen LogP contribution in [0.2, 0.25) is 0 Å². The van der Waals surface area contributed by atoms with Gasteiger partial charge in [-0.2, -0.15) is 5.10 Å². The smallest absolute Gasteiger partial charge is 0.0644 e. The van der Waals surface area contributed by atoms with E-state index in [2.05, 4.69) is 24.4 Å². The molecule has 0 amide bonds. The average molecular weight is 240 g/mol. The molecule has 17 heavy (non-hydrogen) atoms. The van der Waals surface area contributed by atoms with Crippen molar-refractivity contribution in [1.82, 2.24) is 15.2 Å². The minimum atomic E-state index is 0.124. The molecule has 1 heterocycles. The molecule has 1 rings (SSSR count). The Labute approximate surface area is 103 Å². The number of hydrogen-bond donors (Lipinski definition) is 2. The summed E-state index contributed by atoms with van der Waals surface area (Å²) in [6.45, 7) is 7.02. The second-order valence-electron chi connectivity index (χ2n) is 4.61. The number of nitrogens with zero attached hydrogens (tertiary/aromatic N) is 2. The van der Waals surface area contributed by atoms with Gasteiger partial charge in [0.25, 0.3) is 0 Å². The van der Waals surface area contributed by atoms with Gasteiger partial charge < -0.3 is 4.74 Å². The molecule has 5 nitrogen and oxygen atoms in total. The molecule has 1 aromatic heterocycles. The van der Waals surface area contributed by atoms with Gasteiger partial charge in [-0.05, 0) is 26.2 Å². The van der Waals surface area contributed by atoms with Crippen LogP contribution in [0.3, 0.4) is 0 Å². The molecule has 1 aromatic rings. The summed E-state index contributed by atoms with van der Waals surface area (Å²) in [5.41, 5.74) is 6.32. The second-order valence-corrected chi connectivity index (χ2v) is 4.61. The lowest BCUT2D eigenvalue weighted by Gasteiger charge is -2.23. The van der Waals surface area contributed by atoms with Crippen LogP contribution < -0.4 is 11.3 Å². The third kappa shape index (κ3) is 3.06. The molecule has 3 N–H and O–H groups in total. The molecule has 0 saturated heterocycles. The van der Waals surface area contributed by atoms with Gasteiger partial charge in [-0.3, -0.25) is 16.0 Å². The van der Waals surface area contributed by atoms with E-state index in [1.807, 2.05) is 18.7 Å². The van der Waals surface area contributed by atoms with Gasteiger partial charge >= 0.3 is 0 Å². The fourth-order valence-corrected chi connectivity index (χ4v) is 2.24. The van der Waals surface area contributed by atoms with Crippen molar-refractivity contribution in [2.45, 2.75) is 33.2 Å². The van der Waals surface area contributed by atoms with Gasteiger partial charge in [0.05, 0.1) is 11.7 Å². The number of aromatic nitrogens is 2. The molecule has 5 heteroatoms. The molecule has 0 aromatic carbocycles. The SMILES string of the molecule is COCCC(C)C(NN)c1c(C)nn(C)c1C. The molecule has 0 spiro atoms. The van der Waals surface area contributed by atoms with E-state index in [1.54, 1.807) is 7.11 Å². The predicted octanol–water partition coefficient (Wildman–Crippen LogP) is 1.21. The molecule has 0 radical (unpaired) electrons. The van der Waals surface area contributed by atoms with E-state index in [9.17, 15) is 0 Å². The summed E-state index contributed by atoms with van der Waals surface area (Å²) in [5, 5.41) is 4.43. The van der Waals surface area contributed by atoms with Gasteiger partial charge in [-0.15, -0.1) is 0 Å². The fraction of sp³-hybridized carbons (Fsp3) is 0.750. The Hall–Kier alpha value is -0.910. The van der Waals surface area contributed by atoms with Gasteiger partial charge in [0.15, 0.2) is 0 Å². The van der Waals surface area contributed by atoms with E-state index in [0.717, 1.165) is 24.4 Å². The molecule has 0 aliphatic heterocycles. The number of nitrogens with two attached hydrogens (primary N) is 1. The Morgan fingerprint density at radius 2 is 2.12 bits per heavy atom. The highest BCUT2D eigenvalue weighted by atomic mass is 16.5. The van der Waals surface area contributed by atoms with E-state index < -0.39 is 0 Å². The number of nitrogens with one attached hydrogen (secondary N) is 1. The lowest BCUT2D eigenvalue weighted by atomic mass is 9.91. The summed E-state index contributed by atoms with van der Waals surface area (Å²) in [4.78, 5) is 0. The van der Waals surface area contributed by atoms with Crippen LogP contribution in [0.25, 0.3) is 0 Å². The van der Waals surface area contributed by atoms with Crippen molar-refractivity contribution in [3.8, 4) is 0 Å². The van der Waals surface area contributed by atoms with Gasteiger partial charge in [0.1, 0.15) is 0 Å². The Morgan fingerprint density at radius 3 is 2.53 bits per heavy atom. The first-order chi connectivity index (χ1) is 8.02. The summed E-state index contributed by atoms with van der Waals surface area (Å²) >= 11 is 0. The molecule has 0 bridgehead atoms. The largest absolute Gasteiger partial charge is 0.385 e. The monoisotopic (exact) mass is 240 g/mol. The van der Waals surface area contributed by atoms with E-state index in [-0.39, 0.29) is 6.04 Å². The van der Waals surface area contributed by atoms with Crippen LogP contribution in [0, 0.1) is 19.8 Å². The van der Waals surface area contributed by atoms with Gasteiger partial charge in [0, 0.05) is 32.0 Å². The number of aryl methyl sites for hydroxylation is 2. The number of rotatable bonds is 6. The molecule has 0 aliphatic rings. The zero-order chi connectivity index (χ0) is 13.0. The number of hydrogen-bond acceptors (Lipinski definition) is 4. The first-order valence-electron chi connectivity index (χ1n) is 5.98. The second kappa shape index (κ2) is 6.14. The minimum Gasteiger partial charge on any atom is -0.385 e. The highest BCUT2D eigenvalue weighted by molar-refractivity contribution is 5.28. The van der Waals surface area contributed by atoms with Crippen molar-refractivity contribution in [2.24, 2.45) is 18.8 Å². The maximum absolute atomic E-state index is 5.70. The maximum atomic E-state index is 5.70. The molecule has 98 valence electrons. The average Bonchev–Trinajstić information content (AvgIpc) is 2.54. The third-order valence-electron chi connectivity index (χ3n) is 3.40. The predicted molar refractivity (Wildman–Crippen MR) is 68.4 cm³/mol. The van der Waals surface area contributed by atoms with Gasteiger partial charge in [-0.25, -0.2) is 0 Å². The Kier molecular flexibility index (Phi) is 5.11. The van der Waals surface area contributed by atoms with Crippen molar-refractivity contribution in [2.75, 3.05) is 13.7 Å². The minimum absolute atomic E-state index is 0.124. The quantitative estimate of drug-likeness (QED) is 0.579. The zero-order valence-electron chi connectivity index (χ0n) is 11.4. The molecule has 0 aliphatic carbocycles. The van der Waals surface area contributed by atoms with Gasteiger partial charge in [0.2, 0.25) is 0 Å². The number of methoxy groups -OCH3 is 1.